The molecule has 0 spiro atoms. The van der Waals surface area contributed by atoms with Gasteiger partial charge >= 0.3 is 0 Å². The van der Waals surface area contributed by atoms with Gasteiger partial charge in [0, 0.05) is 11.1 Å². The van der Waals surface area contributed by atoms with Crippen LogP contribution in [0.2, 0.25) is 0 Å². The first-order valence-corrected chi connectivity index (χ1v) is 7.51. The lowest BCUT2D eigenvalue weighted by Gasteiger charge is -2.07. The Kier molecular flexibility index (Phi) is 4.33. The maximum Gasteiger partial charge on any atom is 0.272 e. The van der Waals surface area contributed by atoms with Gasteiger partial charge in [-0.25, -0.2) is 9.82 Å². The molecule has 2 aromatic carbocycles. The van der Waals surface area contributed by atoms with E-state index >= 15 is 0 Å². The molecule has 1 heterocycles. The number of carbonyl (C=O) groups is 1. The minimum atomic E-state index is -0.311. The highest BCUT2D eigenvalue weighted by atomic mass is 19.1. The van der Waals surface area contributed by atoms with E-state index in [0.717, 1.165) is 22.2 Å². The normalized spacial score (nSPS) is 11.5. The number of para-hydroxylation sites is 1. The highest BCUT2D eigenvalue weighted by Crippen LogP contribution is 2.18. The zero-order valence-electron chi connectivity index (χ0n) is 13.4. The monoisotopic (exact) mass is 321 g/mol. The number of pyridine rings is 1. The van der Waals surface area contributed by atoms with Crippen molar-refractivity contribution in [2.24, 2.45) is 5.10 Å². The average Bonchev–Trinajstić information content (AvgIpc) is 2.59. The van der Waals surface area contributed by atoms with Crippen molar-refractivity contribution in [3.63, 3.8) is 0 Å². The number of rotatable bonds is 3. The van der Waals surface area contributed by atoms with Gasteiger partial charge in [-0.3, -0.25) is 9.78 Å². The molecule has 1 aromatic heterocycles. The van der Waals surface area contributed by atoms with Crippen LogP contribution in [-0.4, -0.2) is 16.6 Å². The number of aryl methyl sites for hydroxylation is 1. The SMILES string of the molecule is CC(=NNC(=O)c1cc(C)nc2ccccc12)c1ccc(F)cc1. The first kappa shape index (κ1) is 15.8. The molecule has 0 radical (unpaired) electrons. The van der Waals surface area contributed by atoms with Crippen LogP contribution < -0.4 is 5.43 Å². The summed E-state index contributed by atoms with van der Waals surface area (Å²) in [5.74, 6) is -0.618. The molecule has 0 fully saturated rings. The molecule has 5 heteroatoms. The van der Waals surface area contributed by atoms with Crippen molar-refractivity contribution in [3.05, 3.63) is 77.2 Å². The van der Waals surface area contributed by atoms with E-state index in [2.05, 4.69) is 15.5 Å². The van der Waals surface area contributed by atoms with Crippen molar-refractivity contribution in [1.82, 2.24) is 10.4 Å². The molecule has 0 aliphatic rings. The molecular weight excluding hydrogens is 305 g/mol. The molecule has 0 aliphatic carbocycles. The van der Waals surface area contributed by atoms with Crippen LogP contribution in [0.25, 0.3) is 10.9 Å². The fourth-order valence-corrected chi connectivity index (χ4v) is 2.45. The molecule has 120 valence electrons. The summed E-state index contributed by atoms with van der Waals surface area (Å²) in [6, 6.07) is 15.2. The predicted octanol–water partition coefficient (Wildman–Crippen LogP) is 3.84. The van der Waals surface area contributed by atoms with Gasteiger partial charge in [-0.15, -0.1) is 0 Å². The number of hydrogen-bond donors (Lipinski definition) is 1. The van der Waals surface area contributed by atoms with E-state index in [1.807, 2.05) is 31.2 Å². The minimum Gasteiger partial charge on any atom is -0.267 e. The van der Waals surface area contributed by atoms with E-state index in [4.69, 9.17) is 0 Å². The third kappa shape index (κ3) is 3.30. The Balaban J connectivity index is 1.87. The molecule has 0 aliphatic heterocycles. The summed E-state index contributed by atoms with van der Waals surface area (Å²) in [7, 11) is 0. The lowest BCUT2D eigenvalue weighted by molar-refractivity contribution is 0.0956. The van der Waals surface area contributed by atoms with E-state index in [1.54, 1.807) is 25.1 Å². The zero-order valence-corrected chi connectivity index (χ0v) is 13.4. The maximum absolute atomic E-state index is 13.0. The second-order valence-corrected chi connectivity index (χ2v) is 5.47. The predicted molar refractivity (Wildman–Crippen MR) is 92.6 cm³/mol. The van der Waals surface area contributed by atoms with E-state index in [0.29, 0.717) is 11.3 Å². The Hall–Kier alpha value is -3.08. The van der Waals surface area contributed by atoms with Crippen molar-refractivity contribution in [2.45, 2.75) is 13.8 Å². The van der Waals surface area contributed by atoms with Crippen LogP contribution in [0, 0.1) is 12.7 Å². The number of fused-ring (bicyclic) bond motifs is 1. The fourth-order valence-electron chi connectivity index (χ4n) is 2.45. The van der Waals surface area contributed by atoms with Gasteiger partial charge in [0.15, 0.2) is 0 Å². The first-order chi connectivity index (χ1) is 11.5. The minimum absolute atomic E-state index is 0.307. The highest BCUT2D eigenvalue weighted by molar-refractivity contribution is 6.07. The maximum atomic E-state index is 13.0. The van der Waals surface area contributed by atoms with Gasteiger partial charge in [0.1, 0.15) is 5.82 Å². The Morgan fingerprint density at radius 3 is 2.58 bits per heavy atom. The highest BCUT2D eigenvalue weighted by Gasteiger charge is 2.11. The van der Waals surface area contributed by atoms with Gasteiger partial charge in [0.25, 0.3) is 5.91 Å². The number of amides is 1. The second kappa shape index (κ2) is 6.58. The first-order valence-electron chi connectivity index (χ1n) is 7.51. The van der Waals surface area contributed by atoms with Crippen LogP contribution in [0.3, 0.4) is 0 Å². The molecule has 3 aromatic rings. The molecule has 24 heavy (non-hydrogen) atoms. The third-order valence-electron chi connectivity index (χ3n) is 3.68. The number of nitrogens with zero attached hydrogens (tertiary/aromatic N) is 2. The molecular formula is C19H16FN3O. The molecule has 0 atom stereocenters. The Bertz CT molecular complexity index is 933. The lowest BCUT2D eigenvalue weighted by Crippen LogP contribution is -2.20. The number of hydrazone groups is 1. The van der Waals surface area contributed by atoms with Crippen molar-refractivity contribution < 1.29 is 9.18 Å². The summed E-state index contributed by atoms with van der Waals surface area (Å²) >= 11 is 0. The van der Waals surface area contributed by atoms with Crippen molar-refractivity contribution in [1.29, 1.82) is 0 Å². The molecule has 3 rings (SSSR count). The van der Waals surface area contributed by atoms with E-state index in [9.17, 15) is 9.18 Å². The number of carbonyl (C=O) groups excluding carboxylic acids is 1. The van der Waals surface area contributed by atoms with Gasteiger partial charge in [0.05, 0.1) is 16.8 Å². The molecule has 4 nitrogen and oxygen atoms in total. The van der Waals surface area contributed by atoms with E-state index < -0.39 is 0 Å². The molecule has 0 bridgehead atoms. The topological polar surface area (TPSA) is 54.4 Å². The van der Waals surface area contributed by atoms with Crippen molar-refractivity contribution >= 4 is 22.5 Å². The van der Waals surface area contributed by atoms with Crippen molar-refractivity contribution in [2.75, 3.05) is 0 Å². The molecule has 1 N–H and O–H groups in total. The third-order valence-corrected chi connectivity index (χ3v) is 3.68. The summed E-state index contributed by atoms with van der Waals surface area (Å²) in [6.45, 7) is 3.60. The molecule has 0 saturated carbocycles. The quantitative estimate of drug-likeness (QED) is 0.589. The summed E-state index contributed by atoms with van der Waals surface area (Å²) in [5.41, 5.74) is 5.95. The molecule has 0 unspecified atom stereocenters. The van der Waals surface area contributed by atoms with E-state index in [1.165, 1.54) is 12.1 Å². The average molecular weight is 321 g/mol. The smallest absolute Gasteiger partial charge is 0.267 e. The van der Waals surface area contributed by atoms with Crippen LogP contribution in [0.4, 0.5) is 4.39 Å². The van der Waals surface area contributed by atoms with Gasteiger partial charge < -0.3 is 0 Å². The van der Waals surface area contributed by atoms with E-state index in [-0.39, 0.29) is 11.7 Å². The summed E-state index contributed by atoms with van der Waals surface area (Å²) in [6.07, 6.45) is 0. The van der Waals surface area contributed by atoms with Crippen LogP contribution >= 0.6 is 0 Å². The van der Waals surface area contributed by atoms with Crippen LogP contribution in [0.15, 0.2) is 59.7 Å². The second-order valence-electron chi connectivity index (χ2n) is 5.47. The Morgan fingerprint density at radius 2 is 1.83 bits per heavy atom. The van der Waals surface area contributed by atoms with Gasteiger partial charge in [-0.05, 0) is 43.7 Å². The van der Waals surface area contributed by atoms with Gasteiger partial charge in [-0.2, -0.15) is 5.10 Å². The Morgan fingerprint density at radius 1 is 1.12 bits per heavy atom. The zero-order chi connectivity index (χ0) is 17.1. The van der Waals surface area contributed by atoms with Gasteiger partial charge in [-0.1, -0.05) is 30.3 Å². The molecule has 0 saturated heterocycles. The van der Waals surface area contributed by atoms with Gasteiger partial charge in [0.2, 0.25) is 0 Å². The fraction of sp³-hybridized carbons (Fsp3) is 0.105. The summed E-state index contributed by atoms with van der Waals surface area (Å²) in [5, 5.41) is 4.88. The van der Waals surface area contributed by atoms with Crippen LogP contribution in [0.1, 0.15) is 28.5 Å². The standard InChI is InChI=1S/C19H16FN3O/c1-12-11-17(16-5-3-4-6-18(16)21-12)19(24)23-22-13(2)14-7-9-15(20)10-8-14/h3-11H,1-2H3,(H,23,24). The summed E-state index contributed by atoms with van der Waals surface area (Å²) < 4.78 is 13.0. The largest absolute Gasteiger partial charge is 0.272 e. The number of benzene rings is 2. The number of aromatic nitrogens is 1. The van der Waals surface area contributed by atoms with Crippen molar-refractivity contribution in [3.8, 4) is 0 Å². The number of halogens is 1. The van der Waals surface area contributed by atoms with Crippen LogP contribution in [0.5, 0.6) is 0 Å². The summed E-state index contributed by atoms with van der Waals surface area (Å²) in [4.78, 5) is 16.9. The number of hydrogen-bond acceptors (Lipinski definition) is 3. The number of nitrogens with one attached hydrogen (secondary N) is 1. The van der Waals surface area contributed by atoms with Crippen LogP contribution in [-0.2, 0) is 0 Å². The molecule has 1 amide bonds. The lowest BCUT2D eigenvalue weighted by atomic mass is 10.1. The Labute approximate surface area is 139 Å².